The molecule has 0 spiro atoms. The molecule has 0 radical (unpaired) electrons. The average molecular weight is 304 g/mol. The molecule has 3 heteroatoms. The summed E-state index contributed by atoms with van der Waals surface area (Å²) in [6, 6.07) is 19.1. The molecule has 0 saturated carbocycles. The second-order valence-corrected chi connectivity index (χ2v) is 6.12. The van der Waals surface area contributed by atoms with E-state index in [0.29, 0.717) is 0 Å². The average Bonchev–Trinajstić information content (AvgIpc) is 3.20. The van der Waals surface area contributed by atoms with Crippen LogP contribution < -0.4 is 14.2 Å². The third-order valence-corrected chi connectivity index (χ3v) is 4.58. The van der Waals surface area contributed by atoms with E-state index in [4.69, 9.17) is 14.2 Å². The van der Waals surface area contributed by atoms with E-state index in [2.05, 4.69) is 48.5 Å². The number of hydrogen-bond acceptors (Lipinski definition) is 3. The lowest BCUT2D eigenvalue weighted by molar-refractivity contribution is 0.166. The molecule has 0 aromatic heterocycles. The highest BCUT2D eigenvalue weighted by Gasteiger charge is 2.30. The molecule has 0 N–H and O–H groups in total. The van der Waals surface area contributed by atoms with Crippen LogP contribution >= 0.6 is 0 Å². The zero-order valence-corrected chi connectivity index (χ0v) is 12.6. The van der Waals surface area contributed by atoms with Crippen LogP contribution in [0.2, 0.25) is 0 Å². The summed E-state index contributed by atoms with van der Waals surface area (Å²) >= 11 is 0. The van der Waals surface area contributed by atoms with Gasteiger partial charge in [-0.15, -0.1) is 0 Å². The minimum absolute atomic E-state index is 0.155. The molecule has 0 bridgehead atoms. The van der Waals surface area contributed by atoms with Crippen molar-refractivity contribution in [1.82, 2.24) is 0 Å². The van der Waals surface area contributed by atoms with Gasteiger partial charge in [-0.2, -0.15) is 0 Å². The van der Waals surface area contributed by atoms with Crippen molar-refractivity contribution in [3.63, 3.8) is 0 Å². The van der Waals surface area contributed by atoms with Crippen LogP contribution in [0.1, 0.15) is 11.1 Å². The highest BCUT2D eigenvalue weighted by atomic mass is 16.7. The van der Waals surface area contributed by atoms with Gasteiger partial charge in [-0.3, -0.25) is 0 Å². The molecule has 0 saturated heterocycles. The Hall–Kier alpha value is -2.68. The summed E-state index contributed by atoms with van der Waals surface area (Å²) in [5, 5.41) is 2.55. The number of ether oxygens (including phenoxy) is 3. The molecule has 0 aliphatic carbocycles. The molecule has 2 heterocycles. The van der Waals surface area contributed by atoms with Gasteiger partial charge in [0.05, 0.1) is 0 Å². The van der Waals surface area contributed by atoms with Crippen molar-refractivity contribution in [2.45, 2.75) is 18.9 Å². The Bertz CT molecular complexity index is 901. The Morgan fingerprint density at radius 1 is 0.870 bits per heavy atom. The van der Waals surface area contributed by atoms with Crippen LogP contribution in [-0.4, -0.2) is 12.9 Å². The van der Waals surface area contributed by atoms with Crippen LogP contribution in [0, 0.1) is 0 Å². The maximum absolute atomic E-state index is 6.16. The first-order valence-corrected chi connectivity index (χ1v) is 7.93. The Balaban J connectivity index is 1.41. The topological polar surface area (TPSA) is 27.7 Å². The van der Waals surface area contributed by atoms with Crippen molar-refractivity contribution in [3.05, 3.63) is 65.7 Å². The van der Waals surface area contributed by atoms with E-state index >= 15 is 0 Å². The number of benzene rings is 3. The van der Waals surface area contributed by atoms with E-state index < -0.39 is 0 Å². The minimum Gasteiger partial charge on any atom is -0.485 e. The Morgan fingerprint density at radius 3 is 2.74 bits per heavy atom. The van der Waals surface area contributed by atoms with Gasteiger partial charge in [-0.1, -0.05) is 48.5 Å². The molecule has 2 aliphatic heterocycles. The maximum Gasteiger partial charge on any atom is 0.231 e. The molecule has 0 amide bonds. The van der Waals surface area contributed by atoms with E-state index in [1.807, 2.05) is 6.07 Å². The molecule has 5 rings (SSSR count). The molecule has 0 fully saturated rings. The SMILES string of the molecule is c1ccc2cc(CC3Cc4ccc5c(c4O3)OCO5)ccc2c1. The molecule has 1 atom stereocenters. The lowest BCUT2D eigenvalue weighted by Crippen LogP contribution is -2.16. The highest BCUT2D eigenvalue weighted by Crippen LogP contribution is 2.47. The van der Waals surface area contributed by atoms with Gasteiger partial charge in [0.25, 0.3) is 0 Å². The summed E-state index contributed by atoms with van der Waals surface area (Å²) in [6.07, 6.45) is 1.97. The Kier molecular flexibility index (Phi) is 2.74. The molecule has 3 nitrogen and oxygen atoms in total. The zero-order chi connectivity index (χ0) is 15.2. The summed E-state index contributed by atoms with van der Waals surface area (Å²) in [5.74, 6) is 2.42. The van der Waals surface area contributed by atoms with Crippen molar-refractivity contribution in [3.8, 4) is 17.2 Å². The fourth-order valence-electron chi connectivity index (χ4n) is 3.47. The van der Waals surface area contributed by atoms with Crippen molar-refractivity contribution in [1.29, 1.82) is 0 Å². The molecule has 23 heavy (non-hydrogen) atoms. The van der Waals surface area contributed by atoms with Crippen LogP contribution in [0.15, 0.2) is 54.6 Å². The second kappa shape index (κ2) is 4.92. The quantitative estimate of drug-likeness (QED) is 0.713. The number of fused-ring (bicyclic) bond motifs is 4. The fourth-order valence-corrected chi connectivity index (χ4v) is 3.47. The third-order valence-electron chi connectivity index (χ3n) is 4.58. The van der Waals surface area contributed by atoms with Gasteiger partial charge in [0, 0.05) is 18.4 Å². The standard InChI is InChI=1S/C20H16O3/c1-2-4-15-9-13(5-6-14(15)3-1)10-17-11-16-7-8-18-20(19(16)23-17)22-12-21-18/h1-9,17H,10-12H2. The second-order valence-electron chi connectivity index (χ2n) is 6.12. The van der Waals surface area contributed by atoms with E-state index in [1.165, 1.54) is 21.9 Å². The van der Waals surface area contributed by atoms with Gasteiger partial charge in [-0.05, 0) is 22.4 Å². The monoisotopic (exact) mass is 304 g/mol. The molecular weight excluding hydrogens is 288 g/mol. The summed E-state index contributed by atoms with van der Waals surface area (Å²) < 4.78 is 17.1. The number of hydrogen-bond donors (Lipinski definition) is 0. The number of rotatable bonds is 2. The highest BCUT2D eigenvalue weighted by molar-refractivity contribution is 5.83. The minimum atomic E-state index is 0.155. The molecule has 3 aromatic rings. The largest absolute Gasteiger partial charge is 0.485 e. The van der Waals surface area contributed by atoms with Crippen LogP contribution in [0.5, 0.6) is 17.2 Å². The first-order chi connectivity index (χ1) is 11.4. The summed E-state index contributed by atoms with van der Waals surface area (Å²) in [5.41, 5.74) is 2.51. The van der Waals surface area contributed by atoms with Crippen LogP contribution in [-0.2, 0) is 12.8 Å². The van der Waals surface area contributed by atoms with E-state index in [9.17, 15) is 0 Å². The maximum atomic E-state index is 6.16. The first kappa shape index (κ1) is 12.8. The third kappa shape index (κ3) is 2.12. The van der Waals surface area contributed by atoms with Crippen LogP contribution in [0.25, 0.3) is 10.8 Å². The zero-order valence-electron chi connectivity index (χ0n) is 12.6. The van der Waals surface area contributed by atoms with Gasteiger partial charge >= 0.3 is 0 Å². The predicted octanol–water partition coefficient (Wildman–Crippen LogP) is 4.11. The Labute approximate surface area is 134 Å². The summed E-state index contributed by atoms with van der Waals surface area (Å²) in [6.45, 7) is 0.282. The smallest absolute Gasteiger partial charge is 0.231 e. The first-order valence-electron chi connectivity index (χ1n) is 7.93. The van der Waals surface area contributed by atoms with Crippen molar-refractivity contribution in [2.75, 3.05) is 6.79 Å². The Morgan fingerprint density at radius 2 is 1.78 bits per heavy atom. The molecule has 3 aromatic carbocycles. The van der Waals surface area contributed by atoms with Gasteiger partial charge in [0.2, 0.25) is 12.5 Å². The normalized spacial score (nSPS) is 18.0. The molecule has 114 valence electrons. The van der Waals surface area contributed by atoms with Crippen molar-refractivity contribution >= 4 is 10.8 Å². The van der Waals surface area contributed by atoms with Gasteiger partial charge in [0.1, 0.15) is 6.10 Å². The summed E-state index contributed by atoms with van der Waals surface area (Å²) in [7, 11) is 0. The van der Waals surface area contributed by atoms with Crippen LogP contribution in [0.3, 0.4) is 0 Å². The van der Waals surface area contributed by atoms with E-state index in [0.717, 1.165) is 30.1 Å². The fraction of sp³-hybridized carbons (Fsp3) is 0.200. The summed E-state index contributed by atoms with van der Waals surface area (Å²) in [4.78, 5) is 0. The van der Waals surface area contributed by atoms with E-state index in [1.54, 1.807) is 0 Å². The van der Waals surface area contributed by atoms with E-state index in [-0.39, 0.29) is 12.9 Å². The molecule has 1 unspecified atom stereocenters. The van der Waals surface area contributed by atoms with Crippen molar-refractivity contribution in [2.24, 2.45) is 0 Å². The molecular formula is C20H16O3. The van der Waals surface area contributed by atoms with Crippen LogP contribution in [0.4, 0.5) is 0 Å². The van der Waals surface area contributed by atoms with Gasteiger partial charge in [0.15, 0.2) is 11.5 Å². The molecule has 2 aliphatic rings. The van der Waals surface area contributed by atoms with Gasteiger partial charge < -0.3 is 14.2 Å². The lowest BCUT2D eigenvalue weighted by Gasteiger charge is -2.12. The lowest BCUT2D eigenvalue weighted by atomic mass is 10.0. The van der Waals surface area contributed by atoms with Gasteiger partial charge in [-0.25, -0.2) is 0 Å². The van der Waals surface area contributed by atoms with Crippen molar-refractivity contribution < 1.29 is 14.2 Å². The predicted molar refractivity (Wildman–Crippen MR) is 88.3 cm³/mol.